The molecule has 32 heavy (non-hydrogen) atoms. The Hall–Kier alpha value is -3.40. The summed E-state index contributed by atoms with van der Waals surface area (Å²) in [6.45, 7) is 3.03. The molecule has 168 valence electrons. The van der Waals surface area contributed by atoms with Crippen molar-refractivity contribution in [3.05, 3.63) is 71.8 Å². The van der Waals surface area contributed by atoms with Crippen LogP contribution in [0.2, 0.25) is 0 Å². The first-order valence-corrected chi connectivity index (χ1v) is 10.2. The number of amides is 1. The molecule has 1 aromatic carbocycles. The summed E-state index contributed by atoms with van der Waals surface area (Å²) in [7, 11) is 2.01. The van der Waals surface area contributed by atoms with E-state index in [2.05, 4.69) is 25.2 Å². The Bertz CT molecular complexity index is 1070. The van der Waals surface area contributed by atoms with Crippen LogP contribution in [-0.2, 0) is 12.7 Å². The molecule has 1 saturated heterocycles. The number of nitrogens with zero attached hydrogens (tertiary/aromatic N) is 5. The number of halogens is 3. The van der Waals surface area contributed by atoms with Crippen LogP contribution in [0.4, 0.5) is 18.9 Å². The number of benzene rings is 1. The van der Waals surface area contributed by atoms with Gasteiger partial charge in [-0.25, -0.2) is 4.68 Å². The molecule has 0 radical (unpaired) electrons. The largest absolute Gasteiger partial charge is 0.416 e. The third-order valence-corrected chi connectivity index (χ3v) is 5.45. The van der Waals surface area contributed by atoms with Gasteiger partial charge in [-0.3, -0.25) is 9.78 Å². The number of hydrogen-bond donors (Lipinski definition) is 1. The second-order valence-corrected chi connectivity index (χ2v) is 7.70. The van der Waals surface area contributed by atoms with Gasteiger partial charge in [0.05, 0.1) is 29.2 Å². The van der Waals surface area contributed by atoms with Crippen LogP contribution in [0.15, 0.2) is 55.1 Å². The van der Waals surface area contributed by atoms with E-state index >= 15 is 0 Å². The van der Waals surface area contributed by atoms with E-state index in [0.29, 0.717) is 35.6 Å². The normalized spacial score (nSPS) is 15.1. The van der Waals surface area contributed by atoms with Crippen LogP contribution in [0.1, 0.15) is 21.5 Å². The van der Waals surface area contributed by atoms with E-state index < -0.39 is 17.6 Å². The summed E-state index contributed by atoms with van der Waals surface area (Å²) in [5, 5.41) is 6.90. The molecular weight excluding hydrogens is 421 g/mol. The van der Waals surface area contributed by atoms with E-state index in [9.17, 15) is 18.0 Å². The maximum atomic E-state index is 13.3. The fourth-order valence-electron chi connectivity index (χ4n) is 3.61. The molecule has 0 saturated carbocycles. The molecule has 3 aromatic rings. The Morgan fingerprint density at radius 3 is 2.59 bits per heavy atom. The number of alkyl halides is 3. The lowest BCUT2D eigenvalue weighted by Crippen LogP contribution is -2.45. The third kappa shape index (κ3) is 4.91. The van der Waals surface area contributed by atoms with E-state index in [-0.39, 0.29) is 6.54 Å². The first kappa shape index (κ1) is 21.8. The van der Waals surface area contributed by atoms with Crippen LogP contribution >= 0.6 is 0 Å². The molecule has 1 aliphatic rings. The highest BCUT2D eigenvalue weighted by Crippen LogP contribution is 2.33. The molecule has 1 N–H and O–H groups in total. The predicted octanol–water partition coefficient (Wildman–Crippen LogP) is 2.97. The average Bonchev–Trinajstić information content (AvgIpc) is 3.28. The van der Waals surface area contributed by atoms with Crippen molar-refractivity contribution in [1.29, 1.82) is 0 Å². The van der Waals surface area contributed by atoms with Crippen molar-refractivity contribution < 1.29 is 18.0 Å². The zero-order chi connectivity index (χ0) is 22.7. The summed E-state index contributed by atoms with van der Waals surface area (Å²) >= 11 is 0. The zero-order valence-corrected chi connectivity index (χ0v) is 17.5. The van der Waals surface area contributed by atoms with Crippen LogP contribution < -0.4 is 10.2 Å². The number of nitrogens with one attached hydrogen (secondary N) is 1. The highest BCUT2D eigenvalue weighted by atomic mass is 19.4. The predicted molar refractivity (Wildman–Crippen MR) is 114 cm³/mol. The molecule has 0 spiro atoms. The fraction of sp³-hybridized carbons (Fsp3) is 0.318. The Labute approximate surface area is 183 Å². The maximum Gasteiger partial charge on any atom is 0.416 e. The summed E-state index contributed by atoms with van der Waals surface area (Å²) in [5.74, 6) is -0.415. The van der Waals surface area contributed by atoms with Crippen molar-refractivity contribution in [3.8, 4) is 5.69 Å². The van der Waals surface area contributed by atoms with Gasteiger partial charge in [0.2, 0.25) is 0 Å². The number of aromatic nitrogens is 3. The lowest BCUT2D eigenvalue weighted by molar-refractivity contribution is -0.137. The number of carbonyl (C=O) groups excluding carboxylic acids is 1. The van der Waals surface area contributed by atoms with E-state index in [4.69, 9.17) is 0 Å². The Morgan fingerprint density at radius 1 is 1.12 bits per heavy atom. The second-order valence-electron chi connectivity index (χ2n) is 7.70. The summed E-state index contributed by atoms with van der Waals surface area (Å²) in [4.78, 5) is 20.9. The molecule has 1 fully saturated rings. The molecule has 3 heterocycles. The van der Waals surface area contributed by atoms with Crippen LogP contribution in [0.5, 0.6) is 0 Å². The quantitative estimate of drug-likeness (QED) is 0.656. The SMILES string of the molecule is CN1CCN(c2ccc(C(F)(F)F)cc2CNC(=O)c2cnn(-c3cccnc3)c2)CC1. The molecule has 10 heteroatoms. The maximum absolute atomic E-state index is 13.3. The number of carbonyl (C=O) groups is 1. The Morgan fingerprint density at radius 2 is 1.91 bits per heavy atom. The number of hydrogen-bond acceptors (Lipinski definition) is 5. The third-order valence-electron chi connectivity index (χ3n) is 5.45. The number of piperazine rings is 1. The molecule has 1 aliphatic heterocycles. The van der Waals surface area contributed by atoms with Crippen LogP contribution in [-0.4, -0.2) is 58.8 Å². The first-order valence-electron chi connectivity index (χ1n) is 10.2. The minimum absolute atomic E-state index is 0.0253. The van der Waals surface area contributed by atoms with Gasteiger partial charge >= 0.3 is 6.18 Å². The molecule has 2 aromatic heterocycles. The van der Waals surface area contributed by atoms with Crippen molar-refractivity contribution in [2.75, 3.05) is 38.1 Å². The smallest absolute Gasteiger partial charge is 0.369 e. The van der Waals surface area contributed by atoms with Crippen LogP contribution in [0.3, 0.4) is 0 Å². The average molecular weight is 444 g/mol. The lowest BCUT2D eigenvalue weighted by atomic mass is 10.1. The van der Waals surface area contributed by atoms with E-state index in [0.717, 1.165) is 25.2 Å². The topological polar surface area (TPSA) is 66.3 Å². The van der Waals surface area contributed by atoms with E-state index in [1.54, 1.807) is 30.7 Å². The number of anilines is 1. The second kappa shape index (κ2) is 8.99. The zero-order valence-electron chi connectivity index (χ0n) is 17.5. The molecule has 4 rings (SSSR count). The minimum atomic E-state index is -4.45. The highest BCUT2D eigenvalue weighted by molar-refractivity contribution is 5.93. The van der Waals surface area contributed by atoms with Crippen LogP contribution in [0, 0.1) is 0 Å². The number of rotatable bonds is 5. The van der Waals surface area contributed by atoms with Crippen molar-refractivity contribution >= 4 is 11.6 Å². The molecule has 0 bridgehead atoms. The first-order chi connectivity index (χ1) is 15.3. The molecule has 0 atom stereocenters. The summed E-state index contributed by atoms with van der Waals surface area (Å²) in [6.07, 6.45) is 1.76. The monoisotopic (exact) mass is 444 g/mol. The standard InChI is InChI=1S/C22H23F3N6O/c1-29-7-9-30(10-8-29)20-5-4-18(22(23,24)25)11-16(20)12-27-21(32)17-13-28-31(15-17)19-3-2-6-26-14-19/h2-6,11,13-15H,7-10,12H2,1H3,(H,27,32). The molecule has 7 nitrogen and oxygen atoms in total. The van der Waals surface area contributed by atoms with Gasteiger partial charge in [-0.15, -0.1) is 0 Å². The van der Waals surface area contributed by atoms with Gasteiger partial charge in [0, 0.05) is 50.8 Å². The van der Waals surface area contributed by atoms with Crippen molar-refractivity contribution in [2.45, 2.75) is 12.7 Å². The highest BCUT2D eigenvalue weighted by Gasteiger charge is 2.31. The van der Waals surface area contributed by atoms with Gasteiger partial charge in [-0.1, -0.05) is 0 Å². The van der Waals surface area contributed by atoms with Crippen molar-refractivity contribution in [3.63, 3.8) is 0 Å². The van der Waals surface area contributed by atoms with Crippen LogP contribution in [0.25, 0.3) is 5.69 Å². The summed E-state index contributed by atoms with van der Waals surface area (Å²) in [5.41, 5.74) is 1.41. The molecule has 1 amide bonds. The fourth-order valence-corrected chi connectivity index (χ4v) is 3.61. The Balaban J connectivity index is 1.52. The van der Waals surface area contributed by atoms with Gasteiger partial charge in [0.25, 0.3) is 5.91 Å². The summed E-state index contributed by atoms with van der Waals surface area (Å²) < 4.78 is 41.4. The van der Waals surface area contributed by atoms with Crippen molar-refractivity contribution in [2.24, 2.45) is 0 Å². The minimum Gasteiger partial charge on any atom is -0.369 e. The van der Waals surface area contributed by atoms with Gasteiger partial charge in [-0.05, 0) is 42.9 Å². The number of pyridine rings is 1. The van der Waals surface area contributed by atoms with Gasteiger partial charge in [0.1, 0.15) is 0 Å². The van der Waals surface area contributed by atoms with Gasteiger partial charge in [-0.2, -0.15) is 18.3 Å². The number of likely N-dealkylation sites (N-methyl/N-ethyl adjacent to an activating group) is 1. The Kier molecular flexibility index (Phi) is 6.13. The van der Waals surface area contributed by atoms with E-state index in [1.165, 1.54) is 16.9 Å². The van der Waals surface area contributed by atoms with Gasteiger partial charge in [0.15, 0.2) is 0 Å². The van der Waals surface area contributed by atoms with E-state index in [1.807, 2.05) is 7.05 Å². The van der Waals surface area contributed by atoms with Crippen molar-refractivity contribution in [1.82, 2.24) is 25.0 Å². The van der Waals surface area contributed by atoms with Gasteiger partial charge < -0.3 is 15.1 Å². The molecule has 0 aliphatic carbocycles. The molecular formula is C22H23F3N6O. The summed E-state index contributed by atoms with van der Waals surface area (Å²) in [6, 6.07) is 7.26. The molecule has 0 unspecified atom stereocenters. The lowest BCUT2D eigenvalue weighted by Gasteiger charge is -2.35.